The number of aromatic amines is 2. The Morgan fingerprint density at radius 2 is 1.33 bits per heavy atom. The van der Waals surface area contributed by atoms with E-state index >= 15 is 0 Å². The van der Waals surface area contributed by atoms with Gasteiger partial charge in [0.15, 0.2) is 11.5 Å². The van der Waals surface area contributed by atoms with Crippen LogP contribution in [0.5, 0.6) is 0 Å². The summed E-state index contributed by atoms with van der Waals surface area (Å²) in [5.41, 5.74) is 5.07. The van der Waals surface area contributed by atoms with Crippen molar-refractivity contribution in [3.8, 4) is 0 Å². The molecule has 0 saturated carbocycles. The van der Waals surface area contributed by atoms with Crippen molar-refractivity contribution in [2.45, 2.75) is 0 Å². The number of fused-ring (bicyclic) bond motifs is 8. The van der Waals surface area contributed by atoms with Gasteiger partial charge in [0, 0.05) is 17.1 Å². The minimum atomic E-state index is 0.415. The molecule has 0 atom stereocenters. The van der Waals surface area contributed by atoms with Gasteiger partial charge in [0.2, 0.25) is 5.78 Å². The molecule has 3 aromatic heterocycles. The zero-order valence-corrected chi connectivity index (χ0v) is 12.4. The van der Waals surface area contributed by atoms with Gasteiger partial charge in [-0.2, -0.15) is 4.98 Å². The molecular formula is C17H11N7. The SMILES string of the molecule is C1=Cc2cc3nnc(nc4nc(cc5ccc(cc1n2)[nH]5)C=C4)[nH]3. The van der Waals surface area contributed by atoms with E-state index in [0.29, 0.717) is 17.2 Å². The van der Waals surface area contributed by atoms with Gasteiger partial charge in [-0.3, -0.25) is 0 Å². The van der Waals surface area contributed by atoms with Crippen LogP contribution in [0.1, 0.15) is 22.9 Å². The summed E-state index contributed by atoms with van der Waals surface area (Å²) in [6.45, 7) is 0. The Labute approximate surface area is 135 Å². The van der Waals surface area contributed by atoms with E-state index in [2.05, 4.69) is 35.1 Å². The fourth-order valence-corrected chi connectivity index (χ4v) is 2.61. The summed E-state index contributed by atoms with van der Waals surface area (Å²) < 4.78 is 0. The second-order valence-corrected chi connectivity index (χ2v) is 5.47. The van der Waals surface area contributed by atoms with Crippen LogP contribution in [-0.4, -0.2) is 35.1 Å². The number of H-pyrrole nitrogens is 2. The molecule has 7 heteroatoms. The van der Waals surface area contributed by atoms with Crippen molar-refractivity contribution in [1.29, 1.82) is 0 Å². The van der Waals surface area contributed by atoms with E-state index in [1.54, 1.807) is 0 Å². The van der Waals surface area contributed by atoms with Crippen LogP contribution in [-0.2, 0) is 0 Å². The molecule has 114 valence electrons. The minimum Gasteiger partial charge on any atom is -0.355 e. The molecule has 0 aliphatic carbocycles. The number of nitrogens with zero attached hydrogens (tertiary/aromatic N) is 5. The fourth-order valence-electron chi connectivity index (χ4n) is 2.61. The van der Waals surface area contributed by atoms with Gasteiger partial charge in [-0.15, -0.1) is 10.2 Å². The second-order valence-electron chi connectivity index (χ2n) is 5.47. The highest BCUT2D eigenvalue weighted by molar-refractivity contribution is 5.75. The fraction of sp³-hybridized carbons (Fsp3) is 0. The lowest BCUT2D eigenvalue weighted by Gasteiger charge is -1.84. The van der Waals surface area contributed by atoms with Gasteiger partial charge < -0.3 is 9.97 Å². The van der Waals surface area contributed by atoms with E-state index in [4.69, 9.17) is 0 Å². The average Bonchev–Trinajstić information content (AvgIpc) is 3.32. The van der Waals surface area contributed by atoms with E-state index in [1.165, 1.54) is 0 Å². The summed E-state index contributed by atoms with van der Waals surface area (Å²) in [6.07, 6.45) is 7.65. The Hall–Kier alpha value is -3.61. The Morgan fingerprint density at radius 3 is 2.17 bits per heavy atom. The highest BCUT2D eigenvalue weighted by Gasteiger charge is 2.02. The first-order chi connectivity index (χ1) is 11.8. The van der Waals surface area contributed by atoms with Crippen molar-refractivity contribution in [2.75, 3.05) is 0 Å². The highest BCUT2D eigenvalue weighted by Crippen LogP contribution is 2.14. The van der Waals surface area contributed by atoms with Crippen molar-refractivity contribution in [2.24, 2.45) is 0 Å². The van der Waals surface area contributed by atoms with Crippen LogP contribution in [0.2, 0.25) is 0 Å². The van der Waals surface area contributed by atoms with Gasteiger partial charge >= 0.3 is 0 Å². The molecule has 3 aromatic rings. The predicted octanol–water partition coefficient (Wildman–Crippen LogP) is 2.84. The average molecular weight is 313 g/mol. The molecule has 2 aliphatic rings. The standard InChI is InChI=1S/C17H11N7/c1-2-12-8-13-5-6-15(20-13)21-17-22-16(23-24-17)9-14-4-3-11(19-14)7-10(1)18-12/h1-9,18H,(H,20,21,22,23,24). The summed E-state index contributed by atoms with van der Waals surface area (Å²) in [4.78, 5) is 19.7. The highest BCUT2D eigenvalue weighted by atomic mass is 15.2. The Kier molecular flexibility index (Phi) is 2.66. The van der Waals surface area contributed by atoms with Crippen molar-refractivity contribution in [3.05, 3.63) is 53.2 Å². The lowest BCUT2D eigenvalue weighted by molar-refractivity contribution is 1.10. The molecule has 0 radical (unpaired) electrons. The lowest BCUT2D eigenvalue weighted by Crippen LogP contribution is -1.81. The van der Waals surface area contributed by atoms with E-state index in [-0.39, 0.29) is 0 Å². The molecule has 8 bridgehead atoms. The van der Waals surface area contributed by atoms with E-state index in [1.807, 2.05) is 54.6 Å². The van der Waals surface area contributed by atoms with Gasteiger partial charge in [-0.05, 0) is 48.6 Å². The molecule has 24 heavy (non-hydrogen) atoms. The minimum absolute atomic E-state index is 0.415. The molecule has 5 heterocycles. The number of hydrogen-bond donors (Lipinski definition) is 2. The number of hydrogen-bond acceptors (Lipinski definition) is 5. The summed E-state index contributed by atoms with van der Waals surface area (Å²) in [5, 5.41) is 8.09. The number of aromatic nitrogens is 7. The molecule has 2 N–H and O–H groups in total. The normalized spacial score (nSPS) is 12.7. The topological polar surface area (TPSA) is 96.0 Å². The van der Waals surface area contributed by atoms with Crippen molar-refractivity contribution >= 4 is 46.8 Å². The Bertz CT molecular complexity index is 989. The van der Waals surface area contributed by atoms with Gasteiger partial charge in [-0.25, -0.2) is 9.97 Å². The monoisotopic (exact) mass is 313 g/mol. The summed E-state index contributed by atoms with van der Waals surface area (Å²) >= 11 is 0. The number of rotatable bonds is 0. The lowest BCUT2D eigenvalue weighted by atomic mass is 10.3. The molecule has 0 fully saturated rings. The maximum Gasteiger partial charge on any atom is 0.250 e. The molecular weight excluding hydrogens is 302 g/mol. The van der Waals surface area contributed by atoms with E-state index in [0.717, 1.165) is 28.1 Å². The molecule has 0 aromatic carbocycles. The van der Waals surface area contributed by atoms with Crippen LogP contribution < -0.4 is 0 Å². The van der Waals surface area contributed by atoms with Gasteiger partial charge in [0.05, 0.1) is 17.1 Å². The largest absolute Gasteiger partial charge is 0.355 e. The smallest absolute Gasteiger partial charge is 0.250 e. The first kappa shape index (κ1) is 12.9. The van der Waals surface area contributed by atoms with Crippen LogP contribution in [0.25, 0.3) is 46.8 Å². The molecule has 0 unspecified atom stereocenters. The molecule has 7 nitrogen and oxygen atoms in total. The van der Waals surface area contributed by atoms with Gasteiger partial charge in [0.25, 0.3) is 0 Å². The van der Waals surface area contributed by atoms with Gasteiger partial charge in [-0.1, -0.05) is 0 Å². The second kappa shape index (κ2) is 4.95. The zero-order chi connectivity index (χ0) is 15.9. The third-order valence-corrected chi connectivity index (χ3v) is 3.67. The van der Waals surface area contributed by atoms with Gasteiger partial charge in [0.1, 0.15) is 0 Å². The molecule has 5 rings (SSSR count). The third kappa shape index (κ3) is 2.38. The maximum absolute atomic E-state index is 4.55. The maximum atomic E-state index is 4.55. The van der Waals surface area contributed by atoms with E-state index in [9.17, 15) is 0 Å². The third-order valence-electron chi connectivity index (χ3n) is 3.67. The van der Waals surface area contributed by atoms with Crippen LogP contribution in [0, 0.1) is 0 Å². The Balaban J connectivity index is 1.85. The molecule has 0 amide bonds. The van der Waals surface area contributed by atoms with Crippen molar-refractivity contribution in [3.63, 3.8) is 0 Å². The first-order valence-corrected chi connectivity index (χ1v) is 7.45. The molecule has 0 saturated heterocycles. The van der Waals surface area contributed by atoms with Crippen molar-refractivity contribution < 1.29 is 0 Å². The summed E-state index contributed by atoms with van der Waals surface area (Å²) in [6, 6.07) is 9.80. The zero-order valence-electron chi connectivity index (χ0n) is 12.4. The molecule has 2 aliphatic heterocycles. The van der Waals surface area contributed by atoms with Crippen molar-refractivity contribution in [1.82, 2.24) is 35.1 Å². The predicted molar refractivity (Wildman–Crippen MR) is 92.2 cm³/mol. The van der Waals surface area contributed by atoms with Crippen LogP contribution in [0.15, 0.2) is 30.3 Å². The summed E-state index contributed by atoms with van der Waals surface area (Å²) in [5.74, 6) is 1.00. The van der Waals surface area contributed by atoms with E-state index < -0.39 is 0 Å². The quantitative estimate of drug-likeness (QED) is 0.458. The molecule has 0 spiro atoms. The van der Waals surface area contributed by atoms with Crippen LogP contribution >= 0.6 is 0 Å². The van der Waals surface area contributed by atoms with Crippen LogP contribution in [0.3, 0.4) is 0 Å². The Morgan fingerprint density at radius 1 is 0.625 bits per heavy atom. The summed E-state index contributed by atoms with van der Waals surface area (Å²) in [7, 11) is 0. The number of nitrogens with one attached hydrogen (secondary N) is 2. The first-order valence-electron chi connectivity index (χ1n) is 7.45. The van der Waals surface area contributed by atoms with Crippen LogP contribution in [0.4, 0.5) is 0 Å².